The third-order valence-electron chi connectivity index (χ3n) is 11.3. The molecule has 0 N–H and O–H groups in total. The van der Waals surface area contributed by atoms with Gasteiger partial charge in [-0.15, -0.1) is 0 Å². The van der Waals surface area contributed by atoms with Gasteiger partial charge in [-0.3, -0.25) is 19.3 Å². The summed E-state index contributed by atoms with van der Waals surface area (Å²) in [5, 5.41) is 0. The maximum atomic E-state index is 14.5. The lowest BCUT2D eigenvalue weighted by molar-refractivity contribution is -0.151. The number of hydrogen-bond donors (Lipinski definition) is 0. The fourth-order valence-electron chi connectivity index (χ4n) is 9.44. The molecule has 0 radical (unpaired) electrons. The van der Waals surface area contributed by atoms with Gasteiger partial charge in [0, 0.05) is 36.9 Å². The number of ether oxygens (including phenoxy) is 1. The lowest BCUT2D eigenvalue weighted by Crippen LogP contribution is -2.58. The Labute approximate surface area is 259 Å². The minimum atomic E-state index is -0.906. The van der Waals surface area contributed by atoms with Crippen molar-refractivity contribution in [1.82, 2.24) is 19.0 Å². The van der Waals surface area contributed by atoms with Gasteiger partial charge in [-0.1, -0.05) is 37.8 Å². The first kappa shape index (κ1) is 29.5. The number of aromatic nitrogens is 3. The minimum absolute atomic E-state index is 0.0629. The average Bonchev–Trinajstić information content (AvgIpc) is 3.00. The Bertz CT molecular complexity index is 1650. The van der Waals surface area contributed by atoms with Crippen molar-refractivity contribution in [3.05, 3.63) is 63.3 Å². The molecule has 2 saturated carbocycles. The number of rotatable bonds is 6. The first-order valence-corrected chi connectivity index (χ1v) is 16.8. The normalized spacial score (nSPS) is 29.0. The molecule has 3 aromatic rings. The number of fused-ring (bicyclic) bond motifs is 5. The molecule has 4 fully saturated rings. The predicted octanol–water partition coefficient (Wildman–Crippen LogP) is 5.95. The number of carbonyl (C=O) groups is 1. The molecule has 1 aromatic carbocycles. The van der Waals surface area contributed by atoms with Crippen molar-refractivity contribution in [2.24, 2.45) is 17.3 Å². The second-order valence-electron chi connectivity index (χ2n) is 14.7. The number of nitrogens with zero attached hydrogens (tertiary/aromatic N) is 4. The number of methoxy groups -OCH3 is 1. The van der Waals surface area contributed by atoms with E-state index in [0.29, 0.717) is 18.1 Å². The highest BCUT2D eigenvalue weighted by Gasteiger charge is 2.45. The van der Waals surface area contributed by atoms with E-state index in [1.807, 2.05) is 28.8 Å². The van der Waals surface area contributed by atoms with Crippen molar-refractivity contribution < 1.29 is 9.53 Å². The topological polar surface area (TPSA) is 86.4 Å². The minimum Gasteiger partial charge on any atom is -0.469 e. The van der Waals surface area contributed by atoms with Crippen molar-refractivity contribution in [2.75, 3.05) is 7.11 Å². The number of esters is 1. The maximum absolute atomic E-state index is 14.5. The van der Waals surface area contributed by atoms with Gasteiger partial charge in [0.15, 0.2) is 0 Å². The Hall–Kier alpha value is -3.26. The van der Waals surface area contributed by atoms with E-state index >= 15 is 0 Å². The molecule has 2 aromatic heterocycles. The molecular formula is C36H46N4O4. The van der Waals surface area contributed by atoms with Crippen LogP contribution in [0.5, 0.6) is 0 Å². The van der Waals surface area contributed by atoms with Crippen LogP contribution < -0.4 is 11.1 Å². The fourth-order valence-corrected chi connectivity index (χ4v) is 9.44. The van der Waals surface area contributed by atoms with Gasteiger partial charge < -0.3 is 13.9 Å². The second-order valence-corrected chi connectivity index (χ2v) is 14.7. The summed E-state index contributed by atoms with van der Waals surface area (Å²) in [6, 6.07) is 13.0. The van der Waals surface area contributed by atoms with Crippen LogP contribution in [0.15, 0.2) is 52.2 Å². The molecule has 7 rings (SSSR count). The number of piperidine rings is 2. The highest BCUT2D eigenvalue weighted by Crippen LogP contribution is 2.47. The Morgan fingerprint density at radius 2 is 1.52 bits per heavy atom. The SMILES string of the molecule is COC(=O)C(C)(C)Cn1cccc(-c2nc3ccccc3n([C@H]3C[C@H]4CCC[C@@H](C3)N4[C@H]3C[C@@H]4CCC[C@@H](C4)C3)c2=O)c1=O. The summed E-state index contributed by atoms with van der Waals surface area (Å²) in [6.45, 7) is 3.64. The summed E-state index contributed by atoms with van der Waals surface area (Å²) < 4.78 is 8.44. The molecule has 0 spiro atoms. The van der Waals surface area contributed by atoms with Crippen LogP contribution in [0.25, 0.3) is 22.3 Å². The van der Waals surface area contributed by atoms with Gasteiger partial charge in [0.25, 0.3) is 11.1 Å². The Balaban J connectivity index is 1.25. The molecule has 6 atom stereocenters. The zero-order valence-electron chi connectivity index (χ0n) is 26.4. The smallest absolute Gasteiger partial charge is 0.313 e. The van der Waals surface area contributed by atoms with Gasteiger partial charge in [0.2, 0.25) is 0 Å². The second kappa shape index (κ2) is 11.6. The summed E-state index contributed by atoms with van der Waals surface area (Å²) in [5.74, 6) is 1.40. The van der Waals surface area contributed by atoms with Gasteiger partial charge in [-0.25, -0.2) is 4.98 Å². The van der Waals surface area contributed by atoms with Crippen molar-refractivity contribution >= 4 is 17.0 Å². The van der Waals surface area contributed by atoms with Crippen LogP contribution in [0.4, 0.5) is 0 Å². The molecule has 4 bridgehead atoms. The van der Waals surface area contributed by atoms with Gasteiger partial charge in [-0.05, 0) is 94.9 Å². The largest absolute Gasteiger partial charge is 0.469 e. The molecule has 8 heteroatoms. The van der Waals surface area contributed by atoms with Crippen molar-refractivity contribution in [1.29, 1.82) is 0 Å². The maximum Gasteiger partial charge on any atom is 0.313 e. The monoisotopic (exact) mass is 598 g/mol. The van der Waals surface area contributed by atoms with Crippen LogP contribution in [0.2, 0.25) is 0 Å². The third-order valence-corrected chi connectivity index (χ3v) is 11.3. The molecule has 2 aliphatic carbocycles. The van der Waals surface area contributed by atoms with Gasteiger partial charge in [-0.2, -0.15) is 0 Å². The highest BCUT2D eigenvalue weighted by atomic mass is 16.5. The zero-order chi connectivity index (χ0) is 30.6. The number of benzene rings is 1. The summed E-state index contributed by atoms with van der Waals surface area (Å²) >= 11 is 0. The molecule has 0 unspecified atom stereocenters. The van der Waals surface area contributed by atoms with Crippen LogP contribution in [-0.2, 0) is 16.1 Å². The van der Waals surface area contributed by atoms with Crippen molar-refractivity contribution in [2.45, 2.75) is 115 Å². The summed E-state index contributed by atoms with van der Waals surface area (Å²) in [4.78, 5) is 48.4. The van der Waals surface area contributed by atoms with Gasteiger partial charge in [0.05, 0.1) is 29.1 Å². The van der Waals surface area contributed by atoms with E-state index in [4.69, 9.17) is 9.72 Å². The van der Waals surface area contributed by atoms with E-state index in [9.17, 15) is 14.4 Å². The quantitative estimate of drug-likeness (QED) is 0.326. The van der Waals surface area contributed by atoms with E-state index < -0.39 is 11.4 Å². The first-order valence-electron chi connectivity index (χ1n) is 16.8. The number of para-hydroxylation sites is 2. The Kier molecular flexibility index (Phi) is 7.76. The summed E-state index contributed by atoms with van der Waals surface area (Å²) in [7, 11) is 1.35. The molecule has 4 aliphatic rings. The Morgan fingerprint density at radius 1 is 0.841 bits per heavy atom. The zero-order valence-corrected chi connectivity index (χ0v) is 26.4. The number of carbonyl (C=O) groups excluding carboxylic acids is 1. The van der Waals surface area contributed by atoms with E-state index in [1.165, 1.54) is 69.5 Å². The van der Waals surface area contributed by atoms with Crippen LogP contribution in [0.1, 0.15) is 90.5 Å². The lowest BCUT2D eigenvalue weighted by Gasteiger charge is -2.55. The predicted molar refractivity (Wildman–Crippen MR) is 172 cm³/mol. The molecule has 8 nitrogen and oxygen atoms in total. The molecular weight excluding hydrogens is 552 g/mol. The number of hydrogen-bond acceptors (Lipinski definition) is 6. The van der Waals surface area contributed by atoms with Crippen molar-refractivity contribution in [3.8, 4) is 11.3 Å². The van der Waals surface area contributed by atoms with Crippen LogP contribution in [0.3, 0.4) is 0 Å². The standard InChI is InChI=1S/C36H46N4O4/c1-36(2,35(43)44-3)22-38-16-8-13-29(33(38)41)32-34(42)40(31-15-5-4-14-30(31)37-32)28-20-25-11-7-12-26(21-28)39(25)27-18-23-9-6-10-24(17-23)19-27/h4-5,8,13-16,23-28H,6-7,9-12,17-22H2,1-3H3/t23-,24+,25-,26+,27+,28+. The van der Waals surface area contributed by atoms with Crippen molar-refractivity contribution in [3.63, 3.8) is 0 Å². The Morgan fingerprint density at radius 3 is 2.23 bits per heavy atom. The molecule has 2 aliphatic heterocycles. The fraction of sp³-hybridized carbons (Fsp3) is 0.611. The van der Waals surface area contributed by atoms with E-state index in [0.717, 1.165) is 35.7 Å². The highest BCUT2D eigenvalue weighted by molar-refractivity contribution is 5.78. The summed E-state index contributed by atoms with van der Waals surface area (Å²) in [5.41, 5.74) is 0.583. The molecule has 4 heterocycles. The van der Waals surface area contributed by atoms with Gasteiger partial charge in [0.1, 0.15) is 5.69 Å². The van der Waals surface area contributed by atoms with E-state index in [2.05, 4.69) is 4.90 Å². The molecule has 234 valence electrons. The van der Waals surface area contributed by atoms with E-state index in [1.54, 1.807) is 32.2 Å². The summed E-state index contributed by atoms with van der Waals surface area (Å²) in [6.07, 6.45) is 15.6. The number of pyridine rings is 1. The molecule has 2 saturated heterocycles. The van der Waals surface area contributed by atoms with Crippen LogP contribution in [0, 0.1) is 17.3 Å². The first-order chi connectivity index (χ1) is 21.2. The molecule has 0 amide bonds. The lowest BCUT2D eigenvalue weighted by atomic mass is 9.68. The van der Waals surface area contributed by atoms with Crippen LogP contribution in [-0.4, -0.2) is 50.2 Å². The molecule has 44 heavy (non-hydrogen) atoms. The average molecular weight is 599 g/mol. The van der Waals surface area contributed by atoms with E-state index in [-0.39, 0.29) is 35.0 Å². The van der Waals surface area contributed by atoms with Crippen LogP contribution >= 0.6 is 0 Å². The third kappa shape index (κ3) is 5.23. The van der Waals surface area contributed by atoms with Gasteiger partial charge >= 0.3 is 5.97 Å².